The number of esters is 1. The average Bonchev–Trinajstić information content (AvgIpc) is 2.66. The molecule has 0 fully saturated rings. The first-order valence-electron chi connectivity index (χ1n) is 5.39. The molecule has 1 rings (SSSR count). The second-order valence-electron chi connectivity index (χ2n) is 3.43. The molecular weight excluding hydrogens is 192 g/mol. The van der Waals surface area contributed by atoms with Crippen LogP contribution in [0.5, 0.6) is 0 Å². The summed E-state index contributed by atoms with van der Waals surface area (Å²) in [4.78, 5) is 15.8. The summed E-state index contributed by atoms with van der Waals surface area (Å²) in [6, 6.07) is -0.283. The molecule has 84 valence electrons. The molecule has 0 saturated heterocycles. The van der Waals surface area contributed by atoms with E-state index in [4.69, 9.17) is 4.74 Å². The number of rotatable bonds is 5. The fraction of sp³-hybridized carbons (Fsp3) is 0.636. The van der Waals surface area contributed by atoms with E-state index in [-0.39, 0.29) is 12.0 Å². The van der Waals surface area contributed by atoms with Gasteiger partial charge in [-0.2, -0.15) is 0 Å². The highest BCUT2D eigenvalue weighted by Crippen LogP contribution is 2.12. The first-order chi connectivity index (χ1) is 7.20. The van der Waals surface area contributed by atoms with Crippen molar-refractivity contribution < 1.29 is 9.53 Å². The lowest BCUT2D eigenvalue weighted by molar-refractivity contribution is -0.146. The van der Waals surface area contributed by atoms with Gasteiger partial charge in [0.15, 0.2) is 0 Å². The summed E-state index contributed by atoms with van der Waals surface area (Å²) in [5, 5.41) is 0. The minimum absolute atomic E-state index is 0.201. The van der Waals surface area contributed by atoms with Crippen molar-refractivity contribution in [1.29, 1.82) is 0 Å². The summed E-state index contributed by atoms with van der Waals surface area (Å²) >= 11 is 0. The maximum Gasteiger partial charge on any atom is 0.328 e. The smallest absolute Gasteiger partial charge is 0.328 e. The molecule has 0 bridgehead atoms. The van der Waals surface area contributed by atoms with Crippen LogP contribution in [0.25, 0.3) is 0 Å². The molecule has 4 nitrogen and oxygen atoms in total. The van der Waals surface area contributed by atoms with Crippen molar-refractivity contribution in [3.05, 3.63) is 18.2 Å². The van der Waals surface area contributed by atoms with Crippen LogP contribution in [0.3, 0.4) is 0 Å². The van der Waals surface area contributed by atoms with Gasteiger partial charge in [-0.3, -0.25) is 0 Å². The lowest BCUT2D eigenvalue weighted by atomic mass is 10.3. The van der Waals surface area contributed by atoms with E-state index in [0.29, 0.717) is 6.61 Å². The van der Waals surface area contributed by atoms with Crippen LogP contribution in [0.4, 0.5) is 0 Å². The summed E-state index contributed by atoms with van der Waals surface area (Å²) in [5.41, 5.74) is 0. The number of carbonyl (C=O) groups is 1. The number of hydrogen-bond donors (Lipinski definition) is 0. The van der Waals surface area contributed by atoms with Crippen LogP contribution in [0.1, 0.15) is 39.1 Å². The van der Waals surface area contributed by atoms with E-state index in [1.54, 1.807) is 6.20 Å². The Balaban J connectivity index is 2.76. The van der Waals surface area contributed by atoms with Crippen LogP contribution in [0.15, 0.2) is 12.4 Å². The molecule has 1 atom stereocenters. The van der Waals surface area contributed by atoms with Crippen LogP contribution >= 0.6 is 0 Å². The first kappa shape index (κ1) is 11.8. The standard InChI is InChI=1S/C11H18N2O2/c1-4-6-10-12-7-8-13(10)9(3)11(14)15-5-2/h7-9H,4-6H2,1-3H3. The number of imidazole rings is 1. The minimum Gasteiger partial charge on any atom is -0.464 e. The van der Waals surface area contributed by atoms with Crippen LogP contribution in [-0.2, 0) is 16.0 Å². The molecule has 0 amide bonds. The third kappa shape index (κ3) is 2.81. The van der Waals surface area contributed by atoms with E-state index in [2.05, 4.69) is 11.9 Å². The third-order valence-corrected chi connectivity index (χ3v) is 2.27. The lowest BCUT2D eigenvalue weighted by Crippen LogP contribution is -2.20. The van der Waals surface area contributed by atoms with Crippen LogP contribution in [0.2, 0.25) is 0 Å². The van der Waals surface area contributed by atoms with Gasteiger partial charge in [0.2, 0.25) is 0 Å². The van der Waals surface area contributed by atoms with Crippen LogP contribution < -0.4 is 0 Å². The Hall–Kier alpha value is -1.32. The highest BCUT2D eigenvalue weighted by atomic mass is 16.5. The fourth-order valence-electron chi connectivity index (χ4n) is 1.49. The Bertz CT molecular complexity index is 320. The van der Waals surface area contributed by atoms with Gasteiger partial charge in [-0.05, 0) is 20.3 Å². The van der Waals surface area contributed by atoms with Gasteiger partial charge in [0.1, 0.15) is 11.9 Å². The van der Waals surface area contributed by atoms with Gasteiger partial charge in [-0.1, -0.05) is 6.92 Å². The Morgan fingerprint density at radius 2 is 2.33 bits per heavy atom. The second kappa shape index (κ2) is 5.53. The molecule has 0 aliphatic heterocycles. The molecule has 1 aromatic rings. The van der Waals surface area contributed by atoms with Crippen molar-refractivity contribution in [1.82, 2.24) is 9.55 Å². The molecule has 0 aliphatic carbocycles. The zero-order valence-corrected chi connectivity index (χ0v) is 9.56. The van der Waals surface area contributed by atoms with E-state index >= 15 is 0 Å². The van der Waals surface area contributed by atoms with Gasteiger partial charge < -0.3 is 9.30 Å². The molecule has 1 aromatic heterocycles. The second-order valence-corrected chi connectivity index (χ2v) is 3.43. The molecule has 0 aliphatic rings. The first-order valence-corrected chi connectivity index (χ1v) is 5.39. The van der Waals surface area contributed by atoms with Gasteiger partial charge in [-0.25, -0.2) is 9.78 Å². The van der Waals surface area contributed by atoms with Crippen molar-refractivity contribution in [2.24, 2.45) is 0 Å². The average molecular weight is 210 g/mol. The van der Waals surface area contributed by atoms with Crippen molar-refractivity contribution in [2.45, 2.75) is 39.7 Å². The van der Waals surface area contributed by atoms with Crippen LogP contribution in [-0.4, -0.2) is 22.1 Å². The molecule has 4 heteroatoms. The van der Waals surface area contributed by atoms with Gasteiger partial charge in [0, 0.05) is 18.8 Å². The molecule has 0 aromatic carbocycles. The fourth-order valence-corrected chi connectivity index (χ4v) is 1.49. The predicted molar refractivity (Wildman–Crippen MR) is 57.6 cm³/mol. The number of aryl methyl sites for hydroxylation is 1. The normalized spacial score (nSPS) is 12.5. The zero-order chi connectivity index (χ0) is 11.3. The van der Waals surface area contributed by atoms with E-state index in [1.165, 1.54) is 0 Å². The zero-order valence-electron chi connectivity index (χ0n) is 9.56. The maximum atomic E-state index is 11.5. The topological polar surface area (TPSA) is 44.1 Å². The number of carbonyl (C=O) groups excluding carboxylic acids is 1. The SMILES string of the molecule is CCCc1nccn1C(C)C(=O)OCC. The summed E-state index contributed by atoms with van der Waals surface area (Å²) in [6.45, 7) is 6.15. The number of hydrogen-bond acceptors (Lipinski definition) is 3. The molecule has 15 heavy (non-hydrogen) atoms. The van der Waals surface area contributed by atoms with Crippen molar-refractivity contribution in [3.63, 3.8) is 0 Å². The van der Waals surface area contributed by atoms with E-state index in [9.17, 15) is 4.79 Å². The largest absolute Gasteiger partial charge is 0.464 e. The van der Waals surface area contributed by atoms with Crippen molar-refractivity contribution >= 4 is 5.97 Å². The Morgan fingerprint density at radius 1 is 1.60 bits per heavy atom. The molecule has 0 radical (unpaired) electrons. The quantitative estimate of drug-likeness (QED) is 0.698. The molecule has 0 spiro atoms. The highest BCUT2D eigenvalue weighted by molar-refractivity contribution is 5.73. The summed E-state index contributed by atoms with van der Waals surface area (Å²) in [5.74, 6) is 0.742. The number of ether oxygens (including phenoxy) is 1. The van der Waals surface area contributed by atoms with E-state index < -0.39 is 0 Å². The third-order valence-electron chi connectivity index (χ3n) is 2.27. The van der Waals surface area contributed by atoms with Crippen molar-refractivity contribution in [2.75, 3.05) is 6.61 Å². The van der Waals surface area contributed by atoms with Gasteiger partial charge in [0.25, 0.3) is 0 Å². The molecular formula is C11H18N2O2. The van der Waals surface area contributed by atoms with Gasteiger partial charge >= 0.3 is 5.97 Å². The Labute approximate surface area is 90.3 Å². The molecule has 1 heterocycles. The Morgan fingerprint density at radius 3 is 2.93 bits per heavy atom. The van der Waals surface area contributed by atoms with Crippen molar-refractivity contribution in [3.8, 4) is 0 Å². The minimum atomic E-state index is -0.283. The van der Waals surface area contributed by atoms with Gasteiger partial charge in [-0.15, -0.1) is 0 Å². The van der Waals surface area contributed by atoms with E-state index in [0.717, 1.165) is 18.7 Å². The maximum absolute atomic E-state index is 11.5. The predicted octanol–water partition coefficient (Wildman–Crippen LogP) is 1.96. The summed E-state index contributed by atoms with van der Waals surface area (Å²) < 4.78 is 6.85. The summed E-state index contributed by atoms with van der Waals surface area (Å²) in [6.07, 6.45) is 5.45. The Kier molecular flexibility index (Phi) is 4.34. The number of aromatic nitrogens is 2. The monoisotopic (exact) mass is 210 g/mol. The molecule has 0 saturated carbocycles. The van der Waals surface area contributed by atoms with E-state index in [1.807, 2.05) is 24.6 Å². The molecule has 1 unspecified atom stereocenters. The van der Waals surface area contributed by atoms with Crippen LogP contribution in [0, 0.1) is 0 Å². The van der Waals surface area contributed by atoms with Gasteiger partial charge in [0.05, 0.1) is 6.61 Å². The molecule has 0 N–H and O–H groups in total. The summed E-state index contributed by atoms with van der Waals surface area (Å²) in [7, 11) is 0. The number of nitrogens with zero attached hydrogens (tertiary/aromatic N) is 2. The lowest BCUT2D eigenvalue weighted by Gasteiger charge is -2.14. The highest BCUT2D eigenvalue weighted by Gasteiger charge is 2.17.